The third kappa shape index (κ3) is 2.95. The zero-order valence-electron chi connectivity index (χ0n) is 13.7. The van der Waals surface area contributed by atoms with Crippen LogP contribution in [-0.4, -0.2) is 30.7 Å². The zero-order chi connectivity index (χ0) is 17.9. The van der Waals surface area contributed by atoms with E-state index in [0.717, 1.165) is 22.6 Å². The molecule has 0 unspecified atom stereocenters. The summed E-state index contributed by atoms with van der Waals surface area (Å²) < 4.78 is 1.62. The van der Waals surface area contributed by atoms with Gasteiger partial charge in [-0.15, -0.1) is 5.10 Å². The van der Waals surface area contributed by atoms with E-state index >= 15 is 0 Å². The van der Waals surface area contributed by atoms with E-state index in [9.17, 15) is 4.79 Å². The Hall–Kier alpha value is -3.81. The summed E-state index contributed by atoms with van der Waals surface area (Å²) in [5, 5.41) is 15.2. The van der Waals surface area contributed by atoms with E-state index < -0.39 is 5.91 Å². The van der Waals surface area contributed by atoms with Crippen molar-refractivity contribution in [1.82, 2.24) is 24.8 Å². The number of rotatable bonds is 5. The molecule has 0 aliphatic carbocycles. The van der Waals surface area contributed by atoms with Crippen molar-refractivity contribution in [3.05, 3.63) is 72.2 Å². The smallest absolute Gasteiger partial charge is 0.252 e. The fourth-order valence-corrected chi connectivity index (χ4v) is 2.70. The Bertz CT molecular complexity index is 1060. The highest BCUT2D eigenvalue weighted by molar-refractivity contribution is 5.99. The van der Waals surface area contributed by atoms with Gasteiger partial charge in [0.15, 0.2) is 5.65 Å². The quantitative estimate of drug-likeness (QED) is 0.571. The first-order valence-corrected chi connectivity index (χ1v) is 7.96. The average molecular weight is 345 g/mol. The molecule has 4 rings (SSSR count). The Labute approximate surface area is 148 Å². The minimum atomic E-state index is -0.528. The largest absolute Gasteiger partial charge is 0.365 e. The first kappa shape index (κ1) is 15.7. The van der Waals surface area contributed by atoms with Crippen molar-refractivity contribution >= 4 is 17.4 Å². The lowest BCUT2D eigenvalue weighted by atomic mass is 10.1. The zero-order valence-corrected chi connectivity index (χ0v) is 13.7. The Balaban J connectivity index is 1.59. The van der Waals surface area contributed by atoms with Gasteiger partial charge in [-0.1, -0.05) is 24.3 Å². The second-order valence-electron chi connectivity index (χ2n) is 5.65. The predicted molar refractivity (Wildman–Crippen MR) is 96.3 cm³/mol. The van der Waals surface area contributed by atoms with E-state index in [1.54, 1.807) is 16.8 Å². The highest BCUT2D eigenvalue weighted by Crippen LogP contribution is 2.22. The van der Waals surface area contributed by atoms with E-state index in [-0.39, 0.29) is 0 Å². The summed E-state index contributed by atoms with van der Waals surface area (Å²) in [5.74, 6) is 0.197. The lowest BCUT2D eigenvalue weighted by Crippen LogP contribution is -2.13. The van der Waals surface area contributed by atoms with Crippen LogP contribution in [0.5, 0.6) is 0 Å². The molecule has 0 aliphatic rings. The number of benzene rings is 1. The van der Waals surface area contributed by atoms with Crippen molar-refractivity contribution in [2.75, 3.05) is 5.32 Å². The third-order valence-corrected chi connectivity index (χ3v) is 3.99. The number of nitrogens with two attached hydrogens (primary N) is 1. The van der Waals surface area contributed by atoms with Gasteiger partial charge in [-0.3, -0.25) is 4.79 Å². The monoisotopic (exact) mass is 345 g/mol. The SMILES string of the molecule is NC(=O)c1ccc(-c2ccc(CNc3cccnn3)cc2)n2ncnc12. The number of primary amides is 1. The minimum absolute atomic E-state index is 0.344. The molecule has 3 N–H and O–H groups in total. The number of anilines is 1. The van der Waals surface area contributed by atoms with Gasteiger partial charge in [0.05, 0.1) is 11.3 Å². The van der Waals surface area contributed by atoms with Gasteiger partial charge in [0.25, 0.3) is 5.91 Å². The molecule has 8 heteroatoms. The van der Waals surface area contributed by atoms with Gasteiger partial charge in [0.1, 0.15) is 12.1 Å². The summed E-state index contributed by atoms with van der Waals surface area (Å²) in [7, 11) is 0. The van der Waals surface area contributed by atoms with E-state index in [2.05, 4.69) is 25.6 Å². The standard InChI is InChI=1S/C18H15N7O/c19-17(26)14-7-8-15(25-18(14)21-11-23-25)13-5-3-12(4-6-13)10-20-16-2-1-9-22-24-16/h1-9,11H,10H2,(H2,19,26)(H,20,24). The normalized spacial score (nSPS) is 10.8. The van der Waals surface area contributed by atoms with Gasteiger partial charge < -0.3 is 11.1 Å². The molecule has 8 nitrogen and oxygen atoms in total. The van der Waals surface area contributed by atoms with Crippen LogP contribution >= 0.6 is 0 Å². The topological polar surface area (TPSA) is 111 Å². The van der Waals surface area contributed by atoms with Gasteiger partial charge in [-0.25, -0.2) is 9.50 Å². The first-order chi connectivity index (χ1) is 12.7. The molecule has 0 bridgehead atoms. The van der Waals surface area contributed by atoms with Crippen molar-refractivity contribution < 1.29 is 4.79 Å². The molecule has 128 valence electrons. The highest BCUT2D eigenvalue weighted by Gasteiger charge is 2.13. The second kappa shape index (κ2) is 6.60. The van der Waals surface area contributed by atoms with Crippen LogP contribution in [0, 0.1) is 0 Å². The molecule has 1 aromatic carbocycles. The van der Waals surface area contributed by atoms with Gasteiger partial charge >= 0.3 is 0 Å². The van der Waals surface area contributed by atoms with Crippen LogP contribution < -0.4 is 11.1 Å². The Morgan fingerprint density at radius 3 is 2.69 bits per heavy atom. The molecule has 0 atom stereocenters. The number of carbonyl (C=O) groups excluding carboxylic acids is 1. The second-order valence-corrected chi connectivity index (χ2v) is 5.65. The number of pyridine rings is 1. The average Bonchev–Trinajstić information content (AvgIpc) is 3.16. The molecule has 0 fully saturated rings. The maximum atomic E-state index is 11.5. The molecule has 4 aromatic rings. The van der Waals surface area contributed by atoms with Crippen LogP contribution in [-0.2, 0) is 6.54 Å². The number of nitrogens with zero attached hydrogens (tertiary/aromatic N) is 5. The van der Waals surface area contributed by atoms with Crippen LogP contribution in [0.15, 0.2) is 61.1 Å². The number of nitrogens with one attached hydrogen (secondary N) is 1. The number of amides is 1. The van der Waals surface area contributed by atoms with Crippen molar-refractivity contribution in [1.29, 1.82) is 0 Å². The van der Waals surface area contributed by atoms with Gasteiger partial charge in [-0.05, 0) is 29.8 Å². The molecule has 0 spiro atoms. The molecule has 1 amide bonds. The summed E-state index contributed by atoms with van der Waals surface area (Å²) in [4.78, 5) is 15.7. The van der Waals surface area contributed by atoms with Crippen LogP contribution in [0.4, 0.5) is 5.82 Å². The van der Waals surface area contributed by atoms with E-state index in [4.69, 9.17) is 5.73 Å². The van der Waals surface area contributed by atoms with Crippen LogP contribution in [0.3, 0.4) is 0 Å². The van der Waals surface area contributed by atoms with Crippen LogP contribution in [0.25, 0.3) is 16.9 Å². The fourth-order valence-electron chi connectivity index (χ4n) is 2.70. The van der Waals surface area contributed by atoms with Crippen molar-refractivity contribution in [2.45, 2.75) is 6.54 Å². The van der Waals surface area contributed by atoms with Crippen LogP contribution in [0.2, 0.25) is 0 Å². The highest BCUT2D eigenvalue weighted by atomic mass is 16.1. The number of fused-ring (bicyclic) bond motifs is 1. The van der Waals surface area contributed by atoms with Gasteiger partial charge in [-0.2, -0.15) is 10.2 Å². The minimum Gasteiger partial charge on any atom is -0.365 e. The summed E-state index contributed by atoms with van der Waals surface area (Å²) in [5.41, 5.74) is 9.07. The summed E-state index contributed by atoms with van der Waals surface area (Å²) in [6, 6.07) is 15.2. The van der Waals surface area contributed by atoms with Crippen molar-refractivity contribution in [3.63, 3.8) is 0 Å². The van der Waals surface area contributed by atoms with E-state index in [1.165, 1.54) is 6.33 Å². The predicted octanol–water partition coefficient (Wildman–Crippen LogP) is 1.90. The lowest BCUT2D eigenvalue weighted by molar-refractivity contribution is 0.100. The summed E-state index contributed by atoms with van der Waals surface area (Å²) in [6.07, 6.45) is 3.04. The summed E-state index contributed by atoms with van der Waals surface area (Å²) >= 11 is 0. The molecular weight excluding hydrogens is 330 g/mol. The van der Waals surface area contributed by atoms with Crippen LogP contribution in [0.1, 0.15) is 15.9 Å². The molecule has 3 aromatic heterocycles. The number of hydrogen-bond acceptors (Lipinski definition) is 6. The Morgan fingerprint density at radius 1 is 1.12 bits per heavy atom. The van der Waals surface area contributed by atoms with E-state index in [0.29, 0.717) is 17.8 Å². The van der Waals surface area contributed by atoms with Gasteiger partial charge in [0.2, 0.25) is 0 Å². The molecule has 0 aliphatic heterocycles. The number of aromatic nitrogens is 5. The first-order valence-electron chi connectivity index (χ1n) is 7.96. The Morgan fingerprint density at radius 2 is 1.96 bits per heavy atom. The molecule has 0 radical (unpaired) electrons. The molecule has 26 heavy (non-hydrogen) atoms. The maximum absolute atomic E-state index is 11.5. The van der Waals surface area contributed by atoms with Crippen molar-refractivity contribution in [3.8, 4) is 11.3 Å². The third-order valence-electron chi connectivity index (χ3n) is 3.99. The maximum Gasteiger partial charge on any atom is 0.252 e. The summed E-state index contributed by atoms with van der Waals surface area (Å²) in [6.45, 7) is 0.637. The van der Waals surface area contributed by atoms with Gasteiger partial charge in [0, 0.05) is 18.3 Å². The lowest BCUT2D eigenvalue weighted by Gasteiger charge is -2.08. The molecular formula is C18H15N7O. The number of carbonyl (C=O) groups is 1. The van der Waals surface area contributed by atoms with Crippen molar-refractivity contribution in [2.24, 2.45) is 5.73 Å². The molecule has 3 heterocycles. The fraction of sp³-hybridized carbons (Fsp3) is 0.0556. The van der Waals surface area contributed by atoms with E-state index in [1.807, 2.05) is 42.5 Å². The molecule has 0 saturated carbocycles. The Kier molecular flexibility index (Phi) is 3.98. The number of hydrogen-bond donors (Lipinski definition) is 2. The molecule has 0 saturated heterocycles.